The van der Waals surface area contributed by atoms with Crippen molar-refractivity contribution < 1.29 is 4.39 Å². The van der Waals surface area contributed by atoms with Crippen molar-refractivity contribution in [3.05, 3.63) is 36.1 Å². The number of hydrogen-bond acceptors (Lipinski definition) is 0. The zero-order valence-corrected chi connectivity index (χ0v) is 3.76. The van der Waals surface area contributed by atoms with E-state index in [-0.39, 0.29) is 5.82 Å². The zero-order valence-electron chi connectivity index (χ0n) is 3.76. The summed E-state index contributed by atoms with van der Waals surface area (Å²) in [5.74, 6) is -0.178. The Morgan fingerprint density at radius 2 is 1.57 bits per heavy atom. The van der Waals surface area contributed by atoms with E-state index in [0.29, 0.717) is 0 Å². The lowest BCUT2D eigenvalue weighted by atomic mass is 10.4. The van der Waals surface area contributed by atoms with Gasteiger partial charge in [-0.25, -0.2) is 4.39 Å². The van der Waals surface area contributed by atoms with Gasteiger partial charge in [-0.3, -0.25) is 0 Å². The van der Waals surface area contributed by atoms with Crippen LogP contribution >= 0.6 is 0 Å². The molecule has 1 rings (SSSR count). The fourth-order valence-electron chi connectivity index (χ4n) is 0.415. The highest BCUT2D eigenvalue weighted by Crippen LogP contribution is 1.91. The molecule has 0 spiro atoms. The van der Waals surface area contributed by atoms with Crippen molar-refractivity contribution in [2.24, 2.45) is 0 Å². The second-order valence-electron chi connectivity index (χ2n) is 1.30. The van der Waals surface area contributed by atoms with E-state index in [4.69, 9.17) is 0 Å². The maximum Gasteiger partial charge on any atom is 0.123 e. The molecular formula is C6H5F. The van der Waals surface area contributed by atoms with Gasteiger partial charge in [0.2, 0.25) is 0 Å². The van der Waals surface area contributed by atoms with Crippen LogP contribution in [0.25, 0.3) is 0 Å². The first-order valence-corrected chi connectivity index (χ1v) is 2.10. The lowest BCUT2D eigenvalue weighted by molar-refractivity contribution is 0.628. The van der Waals surface area contributed by atoms with Crippen LogP contribution in [0.3, 0.4) is 0 Å². The maximum atomic E-state index is 11.9. The molecule has 0 heterocycles. The molecule has 0 atom stereocenters. The summed E-state index contributed by atoms with van der Waals surface area (Å²) < 4.78 is 11.9. The van der Waals surface area contributed by atoms with Gasteiger partial charge in [-0.2, -0.15) is 0 Å². The quantitative estimate of drug-likeness (QED) is 0.461. The van der Waals surface area contributed by atoms with E-state index < -0.39 is 0 Å². The van der Waals surface area contributed by atoms with Crippen molar-refractivity contribution in [3.8, 4) is 0 Å². The van der Waals surface area contributed by atoms with Crippen LogP contribution in [0.5, 0.6) is 0 Å². The molecule has 36 valence electrons. The predicted molar refractivity (Wildman–Crippen MR) is 26.4 cm³/mol. The van der Waals surface area contributed by atoms with E-state index >= 15 is 0 Å². The molecule has 0 aliphatic heterocycles. The van der Waals surface area contributed by atoms with Crippen LogP contribution < -0.4 is 0 Å². The molecule has 0 fully saturated rings. The molecule has 0 amide bonds. The van der Waals surface area contributed by atoms with Gasteiger partial charge in [0.1, 0.15) is 5.82 Å². The van der Waals surface area contributed by atoms with Gasteiger partial charge in [0, 0.05) is 0 Å². The van der Waals surface area contributed by atoms with Crippen LogP contribution in [0.15, 0.2) is 30.3 Å². The van der Waals surface area contributed by atoms with Crippen LogP contribution in [0, 0.1) is 5.82 Å². The Hall–Kier alpha value is -0.850. The number of hydrogen-bond donors (Lipinski definition) is 0. The highest BCUT2D eigenvalue weighted by atomic mass is 18.2. The van der Waals surface area contributed by atoms with Crippen LogP contribution in [-0.2, 0) is 0 Å². The van der Waals surface area contributed by atoms with Gasteiger partial charge in [-0.1, -0.05) is 18.2 Å². The van der Waals surface area contributed by atoms with Crippen molar-refractivity contribution in [1.29, 1.82) is 0 Å². The summed E-state index contributed by atoms with van der Waals surface area (Å²) >= 11 is 0. The van der Waals surface area contributed by atoms with Gasteiger partial charge in [-0.15, -0.1) is 0 Å². The molecule has 7 heavy (non-hydrogen) atoms. The molecule has 0 aromatic heterocycles. The smallest absolute Gasteiger partial charge is 0.123 e. The Balaban J connectivity index is 3.02. The third-order valence-corrected chi connectivity index (χ3v) is 0.733. The Morgan fingerprint density at radius 3 is 1.86 bits per heavy atom. The topological polar surface area (TPSA) is 0 Å². The number of rotatable bonds is 0. The molecule has 0 aliphatic carbocycles. The van der Waals surface area contributed by atoms with Gasteiger partial charge in [0.05, 0.1) is 0 Å². The van der Waals surface area contributed by atoms with E-state index in [1.165, 1.54) is 12.1 Å². The largest absolute Gasteiger partial charge is 0.207 e. The fourth-order valence-corrected chi connectivity index (χ4v) is 0.415. The summed E-state index contributed by atoms with van der Waals surface area (Å²) in [6.07, 6.45) is 0. The van der Waals surface area contributed by atoms with E-state index in [1.54, 1.807) is 18.2 Å². The molecule has 0 bridgehead atoms. The molecule has 0 radical (unpaired) electrons. The summed E-state index contributed by atoms with van der Waals surface area (Å²) in [6.45, 7) is 0. The zero-order chi connectivity index (χ0) is 5.11. The summed E-state index contributed by atoms with van der Waals surface area (Å²) in [6, 6.07) is 7.94. The SMILES string of the molecule is [18F]c1ccccc1. The molecule has 0 aliphatic rings. The third-order valence-electron chi connectivity index (χ3n) is 0.733. The first-order valence-electron chi connectivity index (χ1n) is 2.10. The summed E-state index contributed by atoms with van der Waals surface area (Å²) in [7, 11) is 0. The first kappa shape index (κ1) is 4.31. The molecule has 0 unspecified atom stereocenters. The van der Waals surface area contributed by atoms with Crippen molar-refractivity contribution in [1.82, 2.24) is 0 Å². The number of benzene rings is 1. The van der Waals surface area contributed by atoms with Crippen LogP contribution in [0.2, 0.25) is 0 Å². The van der Waals surface area contributed by atoms with Crippen molar-refractivity contribution in [3.63, 3.8) is 0 Å². The minimum atomic E-state index is -0.178. The fraction of sp³-hybridized carbons (Fsp3) is 0. The Bertz CT molecular complexity index is 134. The predicted octanol–water partition coefficient (Wildman–Crippen LogP) is 1.83. The van der Waals surface area contributed by atoms with Crippen molar-refractivity contribution in [2.75, 3.05) is 0 Å². The van der Waals surface area contributed by atoms with Crippen LogP contribution in [-0.4, -0.2) is 0 Å². The van der Waals surface area contributed by atoms with Crippen molar-refractivity contribution >= 4 is 0 Å². The average Bonchev–Trinajstić information content (AvgIpc) is 1.69. The van der Waals surface area contributed by atoms with Crippen molar-refractivity contribution in [2.45, 2.75) is 0 Å². The number of halogens is 1. The molecule has 0 saturated carbocycles. The second kappa shape index (κ2) is 1.73. The van der Waals surface area contributed by atoms with Gasteiger partial charge < -0.3 is 0 Å². The molecule has 0 nitrogen and oxygen atoms in total. The highest BCUT2D eigenvalue weighted by molar-refractivity contribution is 5.02. The normalized spacial score (nSPS) is 8.71. The van der Waals surface area contributed by atoms with Gasteiger partial charge in [0.15, 0.2) is 0 Å². The first-order chi connectivity index (χ1) is 3.39. The van der Waals surface area contributed by atoms with E-state index in [9.17, 15) is 4.39 Å². The standard InChI is InChI=1S/C6H5F/c7-6-4-2-1-3-5-6/h1-5H/i7-1. The lowest BCUT2D eigenvalue weighted by Crippen LogP contribution is -1.63. The van der Waals surface area contributed by atoms with Gasteiger partial charge >= 0.3 is 0 Å². The van der Waals surface area contributed by atoms with Crippen LogP contribution in [0.1, 0.15) is 0 Å². The lowest BCUT2D eigenvalue weighted by Gasteiger charge is -1.78. The molecule has 0 saturated heterocycles. The van der Waals surface area contributed by atoms with E-state index in [1.807, 2.05) is 0 Å². The summed E-state index contributed by atoms with van der Waals surface area (Å²) in [4.78, 5) is 0. The molecule has 0 N–H and O–H groups in total. The van der Waals surface area contributed by atoms with Crippen LogP contribution in [0.4, 0.5) is 4.39 Å². The van der Waals surface area contributed by atoms with E-state index in [2.05, 4.69) is 0 Å². The Labute approximate surface area is 41.6 Å². The minimum absolute atomic E-state index is 0.178. The van der Waals surface area contributed by atoms with E-state index in [0.717, 1.165) is 0 Å². The Morgan fingerprint density at radius 1 is 1.00 bits per heavy atom. The summed E-state index contributed by atoms with van der Waals surface area (Å²) in [5.41, 5.74) is 0. The average molecular weight is 95.1 g/mol. The molecular weight excluding hydrogens is 90.1 g/mol. The molecule has 1 heteroatoms. The third kappa shape index (κ3) is 1.000. The minimum Gasteiger partial charge on any atom is -0.207 e. The highest BCUT2D eigenvalue weighted by Gasteiger charge is 1.77. The second-order valence-corrected chi connectivity index (χ2v) is 1.30. The Kier molecular flexibility index (Phi) is 1.07. The van der Waals surface area contributed by atoms with Gasteiger partial charge in [-0.05, 0) is 12.1 Å². The van der Waals surface area contributed by atoms with Gasteiger partial charge in [0.25, 0.3) is 0 Å². The maximum absolute atomic E-state index is 11.9. The summed E-state index contributed by atoms with van der Waals surface area (Å²) in [5, 5.41) is 0. The monoisotopic (exact) mass is 95.0 g/mol. The molecule has 1 aromatic rings. The molecule has 1 aromatic carbocycles.